The molecule has 1 aliphatic carbocycles. The van der Waals surface area contributed by atoms with Gasteiger partial charge < -0.3 is 10.2 Å². The van der Waals surface area contributed by atoms with E-state index in [1.54, 1.807) is 6.92 Å². The monoisotopic (exact) mass is 268 g/mol. The van der Waals surface area contributed by atoms with Gasteiger partial charge in [-0.25, -0.2) is 0 Å². The fourth-order valence-electron chi connectivity index (χ4n) is 3.09. The maximum atomic E-state index is 12.8. The largest absolute Gasteiger partial charge is 0.504 e. The van der Waals surface area contributed by atoms with Crippen molar-refractivity contribution in [2.24, 2.45) is 0 Å². The van der Waals surface area contributed by atoms with Crippen molar-refractivity contribution in [3.05, 3.63) is 58.7 Å². The minimum Gasteiger partial charge on any atom is -0.504 e. The molecule has 2 aromatic rings. The van der Waals surface area contributed by atoms with Gasteiger partial charge in [0.05, 0.1) is 5.41 Å². The number of phenolic OH excluding ortho intramolecular Hbond substituents is 2. The van der Waals surface area contributed by atoms with Crippen molar-refractivity contribution in [2.45, 2.75) is 25.7 Å². The third-order valence-electron chi connectivity index (χ3n) is 4.25. The molecule has 1 atom stereocenters. The van der Waals surface area contributed by atoms with Gasteiger partial charge in [0.15, 0.2) is 17.3 Å². The number of benzene rings is 2. The molecule has 0 bridgehead atoms. The molecule has 0 radical (unpaired) electrons. The van der Waals surface area contributed by atoms with E-state index >= 15 is 0 Å². The Labute approximate surface area is 117 Å². The minimum absolute atomic E-state index is 0.00602. The van der Waals surface area contributed by atoms with E-state index in [1.165, 1.54) is 6.07 Å². The number of hydrogen-bond acceptors (Lipinski definition) is 3. The topological polar surface area (TPSA) is 57.5 Å². The van der Waals surface area contributed by atoms with E-state index in [0.717, 1.165) is 5.56 Å². The Bertz CT molecular complexity index is 704. The first-order chi connectivity index (χ1) is 9.45. The molecule has 102 valence electrons. The van der Waals surface area contributed by atoms with Gasteiger partial charge in [-0.1, -0.05) is 30.3 Å². The number of phenols is 2. The molecule has 0 fully saturated rings. The lowest BCUT2D eigenvalue weighted by Crippen LogP contribution is -2.29. The Morgan fingerprint density at radius 1 is 1.15 bits per heavy atom. The van der Waals surface area contributed by atoms with Gasteiger partial charge in [0.1, 0.15) is 0 Å². The first-order valence-corrected chi connectivity index (χ1v) is 6.60. The molecule has 1 unspecified atom stereocenters. The zero-order valence-corrected chi connectivity index (χ0v) is 11.5. The summed E-state index contributed by atoms with van der Waals surface area (Å²) in [5.41, 5.74) is 2.06. The SMILES string of the molecule is Cc1cc(O)c(O)c2c1C(=O)C(C)(c1ccccc1)C2. The molecule has 0 saturated carbocycles. The number of aryl methyl sites for hydroxylation is 1. The lowest BCUT2D eigenvalue weighted by Gasteiger charge is -2.22. The zero-order chi connectivity index (χ0) is 14.5. The van der Waals surface area contributed by atoms with E-state index in [0.29, 0.717) is 23.1 Å². The quantitative estimate of drug-likeness (QED) is 0.781. The van der Waals surface area contributed by atoms with Crippen molar-refractivity contribution in [1.29, 1.82) is 0 Å². The first-order valence-electron chi connectivity index (χ1n) is 6.60. The van der Waals surface area contributed by atoms with Crippen LogP contribution in [0.1, 0.15) is 34.0 Å². The molecule has 20 heavy (non-hydrogen) atoms. The van der Waals surface area contributed by atoms with Gasteiger partial charge in [-0.3, -0.25) is 4.79 Å². The second-order valence-electron chi connectivity index (χ2n) is 5.62. The van der Waals surface area contributed by atoms with Crippen LogP contribution in [0.15, 0.2) is 36.4 Å². The summed E-state index contributed by atoms with van der Waals surface area (Å²) in [6.07, 6.45) is 0.409. The summed E-state index contributed by atoms with van der Waals surface area (Å²) in [6.45, 7) is 3.67. The van der Waals surface area contributed by atoms with Gasteiger partial charge in [0, 0.05) is 11.1 Å². The smallest absolute Gasteiger partial charge is 0.174 e. The number of carbonyl (C=O) groups excluding carboxylic acids is 1. The summed E-state index contributed by atoms with van der Waals surface area (Å²) in [7, 11) is 0. The highest BCUT2D eigenvalue weighted by Gasteiger charge is 2.45. The van der Waals surface area contributed by atoms with Crippen LogP contribution >= 0.6 is 0 Å². The second kappa shape index (κ2) is 4.10. The van der Waals surface area contributed by atoms with Crippen LogP contribution < -0.4 is 0 Å². The van der Waals surface area contributed by atoms with Crippen LogP contribution in [0.2, 0.25) is 0 Å². The third kappa shape index (κ3) is 1.56. The Morgan fingerprint density at radius 3 is 2.45 bits per heavy atom. The molecule has 0 aliphatic heterocycles. The summed E-state index contributed by atoms with van der Waals surface area (Å²) < 4.78 is 0. The Morgan fingerprint density at radius 2 is 1.80 bits per heavy atom. The summed E-state index contributed by atoms with van der Waals surface area (Å²) in [5, 5.41) is 19.8. The molecular weight excluding hydrogens is 252 g/mol. The number of Topliss-reactive ketones (excluding diaryl/α,β-unsaturated/α-hetero) is 1. The molecule has 1 aliphatic rings. The average Bonchev–Trinajstić information content (AvgIpc) is 2.72. The summed E-state index contributed by atoms with van der Waals surface area (Å²) in [6, 6.07) is 11.0. The Hall–Kier alpha value is -2.29. The van der Waals surface area contributed by atoms with E-state index in [9.17, 15) is 15.0 Å². The van der Waals surface area contributed by atoms with Crippen molar-refractivity contribution in [3.8, 4) is 11.5 Å². The summed E-state index contributed by atoms with van der Waals surface area (Å²) in [5.74, 6) is -0.323. The van der Waals surface area contributed by atoms with Crippen LogP contribution in [-0.4, -0.2) is 16.0 Å². The van der Waals surface area contributed by atoms with Crippen molar-refractivity contribution in [3.63, 3.8) is 0 Å². The molecule has 2 aromatic carbocycles. The van der Waals surface area contributed by atoms with E-state index in [2.05, 4.69) is 0 Å². The lowest BCUT2D eigenvalue weighted by molar-refractivity contribution is 0.0915. The molecule has 3 nitrogen and oxygen atoms in total. The van der Waals surface area contributed by atoms with Crippen molar-refractivity contribution < 1.29 is 15.0 Å². The van der Waals surface area contributed by atoms with Crippen LogP contribution in [0, 0.1) is 6.92 Å². The molecule has 0 saturated heterocycles. The third-order valence-corrected chi connectivity index (χ3v) is 4.25. The Balaban J connectivity index is 2.21. The van der Waals surface area contributed by atoms with Crippen LogP contribution in [0.5, 0.6) is 11.5 Å². The maximum Gasteiger partial charge on any atom is 0.174 e. The second-order valence-corrected chi connectivity index (χ2v) is 5.62. The van der Waals surface area contributed by atoms with E-state index < -0.39 is 5.41 Å². The predicted molar refractivity (Wildman–Crippen MR) is 76.3 cm³/mol. The number of hydrogen-bond donors (Lipinski definition) is 2. The molecular formula is C17H16O3. The highest BCUT2D eigenvalue weighted by atomic mass is 16.3. The van der Waals surface area contributed by atoms with Crippen LogP contribution in [0.25, 0.3) is 0 Å². The van der Waals surface area contributed by atoms with E-state index in [4.69, 9.17) is 0 Å². The zero-order valence-electron chi connectivity index (χ0n) is 11.5. The highest BCUT2D eigenvalue weighted by Crippen LogP contribution is 2.46. The van der Waals surface area contributed by atoms with Crippen LogP contribution in [0.4, 0.5) is 0 Å². The van der Waals surface area contributed by atoms with Gasteiger partial charge in [-0.2, -0.15) is 0 Å². The van der Waals surface area contributed by atoms with Gasteiger partial charge in [-0.15, -0.1) is 0 Å². The number of rotatable bonds is 1. The molecule has 3 heteroatoms. The molecule has 0 aromatic heterocycles. The van der Waals surface area contributed by atoms with Gasteiger partial charge in [-0.05, 0) is 37.5 Å². The first kappa shape index (κ1) is 12.7. The van der Waals surface area contributed by atoms with Crippen molar-refractivity contribution in [2.75, 3.05) is 0 Å². The van der Waals surface area contributed by atoms with Gasteiger partial charge in [0.25, 0.3) is 0 Å². The number of ketones is 1. The molecule has 0 spiro atoms. The van der Waals surface area contributed by atoms with Crippen molar-refractivity contribution >= 4 is 5.78 Å². The number of fused-ring (bicyclic) bond motifs is 1. The normalized spacial score (nSPS) is 21.0. The Kier molecular flexibility index (Phi) is 2.61. The summed E-state index contributed by atoms with van der Waals surface area (Å²) >= 11 is 0. The number of aromatic hydroxyl groups is 2. The van der Waals surface area contributed by atoms with Crippen LogP contribution in [0.3, 0.4) is 0 Å². The molecule has 0 amide bonds. The van der Waals surface area contributed by atoms with Gasteiger partial charge in [0.2, 0.25) is 0 Å². The fraction of sp³-hybridized carbons (Fsp3) is 0.235. The molecule has 2 N–H and O–H groups in total. The fourth-order valence-corrected chi connectivity index (χ4v) is 3.09. The maximum absolute atomic E-state index is 12.8. The van der Waals surface area contributed by atoms with E-state index in [-0.39, 0.29) is 17.3 Å². The number of carbonyl (C=O) groups is 1. The lowest BCUT2D eigenvalue weighted by atomic mass is 9.79. The highest BCUT2D eigenvalue weighted by molar-refractivity contribution is 6.10. The predicted octanol–water partition coefficient (Wildman–Crippen LogP) is 3.10. The van der Waals surface area contributed by atoms with Crippen LogP contribution in [-0.2, 0) is 11.8 Å². The average molecular weight is 268 g/mol. The van der Waals surface area contributed by atoms with Gasteiger partial charge >= 0.3 is 0 Å². The van der Waals surface area contributed by atoms with Crippen molar-refractivity contribution in [1.82, 2.24) is 0 Å². The molecule has 0 heterocycles. The minimum atomic E-state index is -0.681. The molecule has 3 rings (SSSR count). The van der Waals surface area contributed by atoms with E-state index in [1.807, 2.05) is 37.3 Å². The standard InChI is InChI=1S/C17H16O3/c1-10-8-13(18)15(19)12-9-17(2,16(20)14(10)12)11-6-4-3-5-7-11/h3-8,18-19H,9H2,1-2H3. The summed E-state index contributed by atoms with van der Waals surface area (Å²) in [4.78, 5) is 12.8.